The molecule has 150 valence electrons. The third kappa shape index (κ3) is 3.90. The second-order valence-electron chi connectivity index (χ2n) is 8.90. The van der Waals surface area contributed by atoms with Gasteiger partial charge in [0, 0.05) is 43.2 Å². The van der Waals surface area contributed by atoms with Gasteiger partial charge in [-0.25, -0.2) is 4.98 Å². The third-order valence-corrected chi connectivity index (χ3v) is 7.86. The summed E-state index contributed by atoms with van der Waals surface area (Å²) < 4.78 is 0. The molecule has 3 aliphatic rings. The van der Waals surface area contributed by atoms with Gasteiger partial charge in [0.1, 0.15) is 5.01 Å². The SMILES string of the molecule is c1ccc2c(c1)CN(Cc1nccs1)CC21CCN(CCN2CCCC2)CC1. The largest absolute Gasteiger partial charge is 0.302 e. The second kappa shape index (κ2) is 8.23. The van der Waals surface area contributed by atoms with E-state index in [9.17, 15) is 0 Å². The number of benzene rings is 1. The maximum Gasteiger partial charge on any atom is 0.107 e. The first-order valence-corrected chi connectivity index (χ1v) is 11.8. The van der Waals surface area contributed by atoms with Crippen molar-refractivity contribution in [3.05, 3.63) is 52.0 Å². The van der Waals surface area contributed by atoms with E-state index in [1.54, 1.807) is 16.9 Å². The first-order valence-electron chi connectivity index (χ1n) is 10.9. The zero-order valence-corrected chi connectivity index (χ0v) is 17.7. The number of thiazole rings is 1. The summed E-state index contributed by atoms with van der Waals surface area (Å²) in [5, 5.41) is 3.35. The average molecular weight is 397 g/mol. The van der Waals surface area contributed by atoms with Crippen LogP contribution in [0.25, 0.3) is 0 Å². The minimum absolute atomic E-state index is 0.330. The van der Waals surface area contributed by atoms with E-state index in [0.29, 0.717) is 5.41 Å². The summed E-state index contributed by atoms with van der Waals surface area (Å²) in [5.41, 5.74) is 3.50. The molecule has 0 bridgehead atoms. The van der Waals surface area contributed by atoms with Gasteiger partial charge in [-0.3, -0.25) is 4.90 Å². The van der Waals surface area contributed by atoms with Crippen LogP contribution in [0.15, 0.2) is 35.8 Å². The highest BCUT2D eigenvalue weighted by Gasteiger charge is 2.41. The van der Waals surface area contributed by atoms with Crippen molar-refractivity contribution in [3.63, 3.8) is 0 Å². The lowest BCUT2D eigenvalue weighted by molar-refractivity contribution is 0.0895. The van der Waals surface area contributed by atoms with Crippen molar-refractivity contribution in [2.24, 2.45) is 0 Å². The number of likely N-dealkylation sites (tertiary alicyclic amines) is 2. The molecular formula is C23H32N4S. The Morgan fingerprint density at radius 3 is 2.43 bits per heavy atom. The second-order valence-corrected chi connectivity index (χ2v) is 9.88. The molecule has 3 aliphatic heterocycles. The molecule has 0 atom stereocenters. The number of hydrogen-bond acceptors (Lipinski definition) is 5. The summed E-state index contributed by atoms with van der Waals surface area (Å²) in [5.74, 6) is 0. The van der Waals surface area contributed by atoms with Crippen LogP contribution < -0.4 is 0 Å². The van der Waals surface area contributed by atoms with Gasteiger partial charge in [0.2, 0.25) is 0 Å². The van der Waals surface area contributed by atoms with Gasteiger partial charge in [-0.2, -0.15) is 0 Å². The van der Waals surface area contributed by atoms with E-state index < -0.39 is 0 Å². The summed E-state index contributed by atoms with van der Waals surface area (Å²) in [7, 11) is 0. The molecule has 2 saturated heterocycles. The summed E-state index contributed by atoms with van der Waals surface area (Å²) >= 11 is 1.79. The molecule has 2 aromatic rings. The lowest BCUT2D eigenvalue weighted by Gasteiger charge is -2.49. The third-order valence-electron chi connectivity index (χ3n) is 7.10. The Bertz CT molecular complexity index is 761. The van der Waals surface area contributed by atoms with Crippen LogP contribution >= 0.6 is 11.3 Å². The number of fused-ring (bicyclic) bond motifs is 2. The van der Waals surface area contributed by atoms with E-state index in [4.69, 9.17) is 0 Å². The maximum absolute atomic E-state index is 4.54. The van der Waals surface area contributed by atoms with Gasteiger partial charge in [0.15, 0.2) is 0 Å². The molecule has 4 nitrogen and oxygen atoms in total. The van der Waals surface area contributed by atoms with Crippen LogP contribution in [-0.2, 0) is 18.5 Å². The summed E-state index contributed by atoms with van der Waals surface area (Å²) in [6.07, 6.45) is 7.31. The molecule has 1 aromatic carbocycles. The van der Waals surface area contributed by atoms with Crippen LogP contribution in [0.1, 0.15) is 41.8 Å². The average Bonchev–Trinajstić information content (AvgIpc) is 3.42. The predicted octanol–water partition coefficient (Wildman–Crippen LogP) is 3.59. The molecule has 0 unspecified atom stereocenters. The fourth-order valence-corrected chi connectivity index (χ4v) is 6.20. The highest BCUT2D eigenvalue weighted by molar-refractivity contribution is 7.09. The number of piperidine rings is 1. The minimum Gasteiger partial charge on any atom is -0.302 e. The molecule has 1 spiro atoms. The molecule has 0 saturated carbocycles. The fraction of sp³-hybridized carbons (Fsp3) is 0.609. The van der Waals surface area contributed by atoms with Gasteiger partial charge < -0.3 is 9.80 Å². The van der Waals surface area contributed by atoms with Gasteiger partial charge in [-0.15, -0.1) is 11.3 Å². The zero-order valence-electron chi connectivity index (χ0n) is 16.9. The van der Waals surface area contributed by atoms with E-state index in [0.717, 1.165) is 13.1 Å². The lowest BCUT2D eigenvalue weighted by Crippen LogP contribution is -2.52. The Hall–Kier alpha value is -1.27. The van der Waals surface area contributed by atoms with Gasteiger partial charge in [-0.1, -0.05) is 24.3 Å². The highest BCUT2D eigenvalue weighted by atomic mass is 32.1. The monoisotopic (exact) mass is 396 g/mol. The van der Waals surface area contributed by atoms with E-state index in [1.165, 1.54) is 82.1 Å². The molecule has 0 radical (unpaired) electrons. The maximum atomic E-state index is 4.54. The van der Waals surface area contributed by atoms with Crippen LogP contribution in [0.5, 0.6) is 0 Å². The summed E-state index contributed by atoms with van der Waals surface area (Å²) in [4.78, 5) is 12.5. The molecule has 0 amide bonds. The molecule has 5 heteroatoms. The Morgan fingerprint density at radius 2 is 1.68 bits per heavy atom. The van der Waals surface area contributed by atoms with Crippen molar-refractivity contribution in [2.75, 3.05) is 45.8 Å². The Kier molecular flexibility index (Phi) is 5.51. The van der Waals surface area contributed by atoms with Gasteiger partial charge in [0.25, 0.3) is 0 Å². The molecule has 0 aliphatic carbocycles. The summed E-state index contributed by atoms with van der Waals surface area (Å²) in [6.45, 7) is 10.9. The van der Waals surface area contributed by atoms with Crippen LogP contribution in [-0.4, -0.2) is 65.5 Å². The highest BCUT2D eigenvalue weighted by Crippen LogP contribution is 2.42. The molecule has 28 heavy (non-hydrogen) atoms. The van der Waals surface area contributed by atoms with E-state index in [1.807, 2.05) is 6.20 Å². The van der Waals surface area contributed by atoms with Crippen LogP contribution in [0.2, 0.25) is 0 Å². The predicted molar refractivity (Wildman–Crippen MR) is 116 cm³/mol. The van der Waals surface area contributed by atoms with Crippen molar-refractivity contribution in [1.29, 1.82) is 0 Å². The van der Waals surface area contributed by atoms with Crippen molar-refractivity contribution in [1.82, 2.24) is 19.7 Å². The minimum atomic E-state index is 0.330. The Morgan fingerprint density at radius 1 is 0.929 bits per heavy atom. The fourth-order valence-electron chi connectivity index (χ4n) is 5.54. The Labute approximate surface area is 173 Å². The number of aromatic nitrogens is 1. The number of hydrogen-bond donors (Lipinski definition) is 0. The lowest BCUT2D eigenvalue weighted by atomic mass is 9.69. The molecule has 4 heterocycles. The standard InChI is InChI=1S/C23H32N4S/c1-2-6-21-20(5-1)17-27(18-22-24-9-16-28-22)19-23(21)7-12-26(13-8-23)15-14-25-10-3-4-11-25/h1-2,5-6,9,16H,3-4,7-8,10-15,17-19H2. The first kappa shape index (κ1) is 18.7. The normalized spacial score (nSPS) is 23.3. The van der Waals surface area contributed by atoms with Gasteiger partial charge in [-0.05, 0) is 63.0 Å². The van der Waals surface area contributed by atoms with E-state index >= 15 is 0 Å². The van der Waals surface area contributed by atoms with Crippen molar-refractivity contribution >= 4 is 11.3 Å². The number of rotatable bonds is 5. The molecule has 0 N–H and O–H groups in total. The van der Waals surface area contributed by atoms with Crippen molar-refractivity contribution < 1.29 is 0 Å². The van der Waals surface area contributed by atoms with Crippen LogP contribution in [0.3, 0.4) is 0 Å². The smallest absolute Gasteiger partial charge is 0.107 e. The van der Waals surface area contributed by atoms with Gasteiger partial charge in [0.05, 0.1) is 6.54 Å². The van der Waals surface area contributed by atoms with Crippen molar-refractivity contribution in [2.45, 2.75) is 44.2 Å². The molecule has 1 aromatic heterocycles. The zero-order chi connectivity index (χ0) is 18.8. The molecule has 5 rings (SSSR count). The molecular weight excluding hydrogens is 364 g/mol. The quantitative estimate of drug-likeness (QED) is 0.770. The Balaban J connectivity index is 1.27. The van der Waals surface area contributed by atoms with E-state index in [2.05, 4.69) is 49.3 Å². The topological polar surface area (TPSA) is 22.6 Å². The summed E-state index contributed by atoms with van der Waals surface area (Å²) in [6, 6.07) is 9.22. The number of nitrogens with zero attached hydrogens (tertiary/aromatic N) is 4. The van der Waals surface area contributed by atoms with E-state index in [-0.39, 0.29) is 0 Å². The van der Waals surface area contributed by atoms with Gasteiger partial charge >= 0.3 is 0 Å². The molecule has 2 fully saturated rings. The van der Waals surface area contributed by atoms with Crippen LogP contribution in [0.4, 0.5) is 0 Å². The first-order chi connectivity index (χ1) is 13.8. The van der Waals surface area contributed by atoms with Crippen LogP contribution in [0, 0.1) is 0 Å². The van der Waals surface area contributed by atoms with Crippen molar-refractivity contribution in [3.8, 4) is 0 Å².